The van der Waals surface area contributed by atoms with Gasteiger partial charge in [0.15, 0.2) is 0 Å². The summed E-state index contributed by atoms with van der Waals surface area (Å²) in [5.74, 6) is 7.46. The minimum Gasteiger partial charge on any atom is -0.271 e. The Hall–Kier alpha value is -0.860. The lowest BCUT2D eigenvalue weighted by Gasteiger charge is -2.35. The molecule has 0 aromatic heterocycles. The lowest BCUT2D eigenvalue weighted by Crippen LogP contribution is -2.36. The van der Waals surface area contributed by atoms with Crippen LogP contribution < -0.4 is 11.3 Å². The quantitative estimate of drug-likeness (QED) is 0.634. The highest BCUT2D eigenvalue weighted by Gasteiger charge is 2.29. The lowest BCUT2D eigenvalue weighted by atomic mass is 9.74. The molecule has 0 heterocycles. The van der Waals surface area contributed by atoms with E-state index in [1.54, 1.807) is 0 Å². The van der Waals surface area contributed by atoms with Crippen molar-refractivity contribution < 1.29 is 0 Å². The zero-order chi connectivity index (χ0) is 13.8. The Balaban J connectivity index is 2.21. The first-order chi connectivity index (χ1) is 9.17. The summed E-state index contributed by atoms with van der Waals surface area (Å²) in [5.41, 5.74) is 7.25. The van der Waals surface area contributed by atoms with Crippen LogP contribution in [-0.4, -0.2) is 0 Å². The van der Waals surface area contributed by atoms with Crippen molar-refractivity contribution in [1.29, 1.82) is 0 Å². The van der Waals surface area contributed by atoms with Crippen LogP contribution in [0, 0.1) is 25.7 Å². The smallest absolute Gasteiger partial charge is 0.0490 e. The summed E-state index contributed by atoms with van der Waals surface area (Å²) in [6, 6.07) is 6.89. The van der Waals surface area contributed by atoms with E-state index in [0.29, 0.717) is 12.0 Å². The summed E-state index contributed by atoms with van der Waals surface area (Å²) in [6.07, 6.45) is 6.68. The molecule has 0 amide bonds. The Bertz CT molecular complexity index is 414. The highest BCUT2D eigenvalue weighted by Crippen LogP contribution is 2.39. The van der Waals surface area contributed by atoms with Crippen LogP contribution in [0.25, 0.3) is 0 Å². The van der Waals surface area contributed by atoms with Gasteiger partial charge in [-0.25, -0.2) is 0 Å². The van der Waals surface area contributed by atoms with Crippen LogP contribution in [0.15, 0.2) is 18.2 Å². The molecule has 0 aliphatic heterocycles. The van der Waals surface area contributed by atoms with Crippen molar-refractivity contribution in [3.8, 4) is 0 Å². The van der Waals surface area contributed by atoms with Crippen LogP contribution in [-0.2, 0) is 0 Å². The Labute approximate surface area is 117 Å². The van der Waals surface area contributed by atoms with Gasteiger partial charge >= 0.3 is 0 Å². The molecule has 19 heavy (non-hydrogen) atoms. The molecular formula is C17H28N2. The minimum atomic E-state index is 0.314. The molecule has 3 atom stereocenters. The van der Waals surface area contributed by atoms with Crippen molar-refractivity contribution in [2.75, 3.05) is 0 Å². The van der Waals surface area contributed by atoms with Crippen LogP contribution in [0.4, 0.5) is 0 Å². The fourth-order valence-corrected chi connectivity index (χ4v) is 3.60. The molecule has 1 aromatic rings. The molecule has 1 aromatic carbocycles. The van der Waals surface area contributed by atoms with Gasteiger partial charge < -0.3 is 0 Å². The molecule has 0 spiro atoms. The van der Waals surface area contributed by atoms with Gasteiger partial charge in [0.25, 0.3) is 0 Å². The first-order valence-electron chi connectivity index (χ1n) is 7.69. The normalized spacial score (nSPS) is 25.3. The molecule has 3 N–H and O–H groups in total. The van der Waals surface area contributed by atoms with Gasteiger partial charge in [-0.15, -0.1) is 0 Å². The van der Waals surface area contributed by atoms with Crippen molar-refractivity contribution in [2.24, 2.45) is 17.7 Å². The summed E-state index contributed by atoms with van der Waals surface area (Å²) in [5, 5.41) is 0. The SMILES string of the molecule is CCC1CCCC(C(NN)c2cccc(C)c2C)C1. The van der Waals surface area contributed by atoms with Gasteiger partial charge in [0, 0.05) is 6.04 Å². The van der Waals surface area contributed by atoms with E-state index in [1.807, 2.05) is 0 Å². The van der Waals surface area contributed by atoms with Gasteiger partial charge in [0.1, 0.15) is 0 Å². The second-order valence-corrected chi connectivity index (χ2v) is 6.13. The van der Waals surface area contributed by atoms with Crippen molar-refractivity contribution in [3.63, 3.8) is 0 Å². The van der Waals surface area contributed by atoms with Gasteiger partial charge in [-0.2, -0.15) is 0 Å². The van der Waals surface area contributed by atoms with E-state index < -0.39 is 0 Å². The number of hydrazine groups is 1. The minimum absolute atomic E-state index is 0.314. The number of aryl methyl sites for hydroxylation is 1. The second-order valence-electron chi connectivity index (χ2n) is 6.13. The molecule has 1 aliphatic carbocycles. The highest BCUT2D eigenvalue weighted by atomic mass is 15.2. The Morgan fingerprint density at radius 3 is 2.79 bits per heavy atom. The number of rotatable bonds is 4. The van der Waals surface area contributed by atoms with Gasteiger partial charge in [0.05, 0.1) is 0 Å². The number of nitrogens with one attached hydrogen (secondary N) is 1. The van der Waals surface area contributed by atoms with Crippen LogP contribution in [0.1, 0.15) is 61.8 Å². The van der Waals surface area contributed by atoms with E-state index >= 15 is 0 Å². The molecule has 1 aliphatic rings. The molecule has 0 radical (unpaired) electrons. The van der Waals surface area contributed by atoms with E-state index in [2.05, 4.69) is 44.4 Å². The summed E-state index contributed by atoms with van der Waals surface area (Å²) in [7, 11) is 0. The molecule has 2 nitrogen and oxygen atoms in total. The van der Waals surface area contributed by atoms with Gasteiger partial charge in [0.2, 0.25) is 0 Å². The van der Waals surface area contributed by atoms with Crippen LogP contribution in [0.3, 0.4) is 0 Å². The van der Waals surface area contributed by atoms with E-state index in [4.69, 9.17) is 5.84 Å². The molecular weight excluding hydrogens is 232 g/mol. The summed E-state index contributed by atoms with van der Waals surface area (Å²) in [6.45, 7) is 6.72. The first kappa shape index (κ1) is 14.5. The number of hydrogen-bond donors (Lipinski definition) is 2. The fourth-order valence-electron chi connectivity index (χ4n) is 3.60. The van der Waals surface area contributed by atoms with Crippen molar-refractivity contribution in [1.82, 2.24) is 5.43 Å². The second kappa shape index (κ2) is 6.53. The predicted octanol–water partition coefficient (Wildman–Crippen LogP) is 4.02. The average molecular weight is 260 g/mol. The third-order valence-corrected chi connectivity index (χ3v) is 5.03. The third-order valence-electron chi connectivity index (χ3n) is 5.03. The fraction of sp³-hybridized carbons (Fsp3) is 0.647. The van der Waals surface area contributed by atoms with Crippen molar-refractivity contribution >= 4 is 0 Å². The van der Waals surface area contributed by atoms with Gasteiger partial charge in [-0.3, -0.25) is 11.3 Å². The summed E-state index contributed by atoms with van der Waals surface area (Å²) >= 11 is 0. The first-order valence-corrected chi connectivity index (χ1v) is 7.69. The number of hydrogen-bond acceptors (Lipinski definition) is 2. The molecule has 0 bridgehead atoms. The molecule has 1 saturated carbocycles. The van der Waals surface area contributed by atoms with Gasteiger partial charge in [-0.1, -0.05) is 44.4 Å². The Kier molecular flexibility index (Phi) is 5.00. The number of nitrogens with two attached hydrogens (primary N) is 1. The van der Waals surface area contributed by atoms with E-state index in [1.165, 1.54) is 48.8 Å². The topological polar surface area (TPSA) is 38.0 Å². The van der Waals surface area contributed by atoms with Crippen LogP contribution in [0.2, 0.25) is 0 Å². The molecule has 3 unspecified atom stereocenters. The number of benzene rings is 1. The molecule has 0 saturated heterocycles. The molecule has 2 heteroatoms. The monoisotopic (exact) mass is 260 g/mol. The zero-order valence-corrected chi connectivity index (χ0v) is 12.6. The van der Waals surface area contributed by atoms with Crippen LogP contribution >= 0.6 is 0 Å². The maximum Gasteiger partial charge on any atom is 0.0490 e. The maximum absolute atomic E-state index is 5.89. The van der Waals surface area contributed by atoms with Crippen molar-refractivity contribution in [2.45, 2.75) is 58.9 Å². The molecule has 2 rings (SSSR count). The summed E-state index contributed by atoms with van der Waals surface area (Å²) < 4.78 is 0. The van der Waals surface area contributed by atoms with E-state index in [-0.39, 0.29) is 0 Å². The predicted molar refractivity (Wildman–Crippen MR) is 81.7 cm³/mol. The Morgan fingerprint density at radius 2 is 2.11 bits per heavy atom. The zero-order valence-electron chi connectivity index (χ0n) is 12.6. The highest BCUT2D eigenvalue weighted by molar-refractivity contribution is 5.35. The largest absolute Gasteiger partial charge is 0.271 e. The average Bonchev–Trinajstić information content (AvgIpc) is 2.44. The lowest BCUT2D eigenvalue weighted by molar-refractivity contribution is 0.209. The van der Waals surface area contributed by atoms with E-state index in [9.17, 15) is 0 Å². The molecule has 106 valence electrons. The van der Waals surface area contributed by atoms with Gasteiger partial charge in [-0.05, 0) is 55.2 Å². The van der Waals surface area contributed by atoms with Crippen LogP contribution in [0.5, 0.6) is 0 Å². The van der Waals surface area contributed by atoms with Crippen molar-refractivity contribution in [3.05, 3.63) is 34.9 Å². The summed E-state index contributed by atoms with van der Waals surface area (Å²) in [4.78, 5) is 0. The standard InChI is InChI=1S/C17H28N2/c1-4-14-8-6-9-15(11-14)17(19-18)16-10-5-7-12(2)13(16)3/h5,7,10,14-15,17,19H,4,6,8-9,11,18H2,1-3H3. The third kappa shape index (κ3) is 3.18. The van der Waals surface area contributed by atoms with E-state index in [0.717, 1.165) is 5.92 Å². The molecule has 1 fully saturated rings. The maximum atomic E-state index is 5.89. The Morgan fingerprint density at radius 1 is 1.32 bits per heavy atom.